The molecule has 25 heavy (non-hydrogen) atoms. The number of hydrogen-bond acceptors (Lipinski definition) is 7. The fraction of sp³-hybridized carbons (Fsp3) is 0.294. The number of ether oxygens (including phenoxy) is 2. The summed E-state index contributed by atoms with van der Waals surface area (Å²) in [6.45, 7) is -0.557. The summed E-state index contributed by atoms with van der Waals surface area (Å²) in [5.74, 6) is -2.38. The molecule has 8 heteroatoms. The fourth-order valence-corrected chi connectivity index (χ4v) is 2.56. The summed E-state index contributed by atoms with van der Waals surface area (Å²) in [6, 6.07) is 8.86. The average Bonchev–Trinajstić information content (AvgIpc) is 3.19. The van der Waals surface area contributed by atoms with Crippen molar-refractivity contribution in [2.75, 3.05) is 25.1 Å². The number of Topliss-reactive ketones (excluding diaryl/α,β-unsaturated/α-hetero) is 1. The van der Waals surface area contributed by atoms with Crippen LogP contribution in [-0.2, 0) is 28.7 Å². The minimum Gasteiger partial charge on any atom is -0.470 e. The summed E-state index contributed by atoms with van der Waals surface area (Å²) in [5, 5.41) is 2.84. The van der Waals surface area contributed by atoms with E-state index in [1.807, 2.05) is 6.07 Å². The highest BCUT2D eigenvalue weighted by Crippen LogP contribution is 2.20. The van der Waals surface area contributed by atoms with Crippen LogP contribution in [0.2, 0.25) is 0 Å². The first-order valence-electron chi connectivity index (χ1n) is 7.79. The van der Waals surface area contributed by atoms with Crippen molar-refractivity contribution < 1.29 is 28.7 Å². The van der Waals surface area contributed by atoms with Crippen molar-refractivity contribution in [1.29, 1.82) is 0 Å². The van der Waals surface area contributed by atoms with Crippen molar-refractivity contribution in [3.63, 3.8) is 0 Å². The Kier molecular flexibility index (Phi) is 4.78. The van der Waals surface area contributed by atoms with Gasteiger partial charge in [-0.25, -0.2) is 4.79 Å². The van der Waals surface area contributed by atoms with E-state index in [0.717, 1.165) is 4.90 Å². The van der Waals surface area contributed by atoms with Crippen LogP contribution >= 0.6 is 0 Å². The summed E-state index contributed by atoms with van der Waals surface area (Å²) in [7, 11) is 0. The molecule has 0 spiro atoms. The van der Waals surface area contributed by atoms with Gasteiger partial charge in [0.25, 0.3) is 5.91 Å². The smallest absolute Gasteiger partial charge is 0.347 e. The molecule has 1 aromatic rings. The van der Waals surface area contributed by atoms with Gasteiger partial charge < -0.3 is 14.8 Å². The van der Waals surface area contributed by atoms with Crippen LogP contribution in [0.5, 0.6) is 0 Å². The Morgan fingerprint density at radius 2 is 1.96 bits per heavy atom. The van der Waals surface area contributed by atoms with E-state index in [-0.39, 0.29) is 24.0 Å². The Labute approximate surface area is 143 Å². The van der Waals surface area contributed by atoms with E-state index in [0.29, 0.717) is 25.1 Å². The van der Waals surface area contributed by atoms with E-state index >= 15 is 0 Å². The van der Waals surface area contributed by atoms with Crippen LogP contribution < -0.4 is 5.32 Å². The Bertz CT molecular complexity index is 756. The largest absolute Gasteiger partial charge is 0.470 e. The Balaban J connectivity index is 1.66. The highest BCUT2D eigenvalue weighted by molar-refractivity contribution is 6.20. The predicted molar refractivity (Wildman–Crippen MR) is 85.0 cm³/mol. The Morgan fingerprint density at radius 3 is 2.64 bits per heavy atom. The Morgan fingerprint density at radius 1 is 1.20 bits per heavy atom. The fourth-order valence-electron chi connectivity index (χ4n) is 2.56. The number of carbonyl (C=O) groups excluding carboxylic acids is 4. The number of para-hydroxylation sites is 1. The molecule has 0 saturated carbocycles. The van der Waals surface area contributed by atoms with Crippen LogP contribution in [0.25, 0.3) is 0 Å². The number of esters is 1. The molecular formula is C17H16N2O6. The number of imide groups is 1. The van der Waals surface area contributed by atoms with Crippen LogP contribution in [0.1, 0.15) is 12.8 Å². The molecule has 1 fully saturated rings. The van der Waals surface area contributed by atoms with Gasteiger partial charge in [-0.05, 0) is 18.6 Å². The third kappa shape index (κ3) is 3.68. The minimum atomic E-state index is -0.957. The first-order valence-corrected chi connectivity index (χ1v) is 7.79. The van der Waals surface area contributed by atoms with Gasteiger partial charge in [0.2, 0.25) is 17.6 Å². The molecule has 1 saturated heterocycles. The van der Waals surface area contributed by atoms with E-state index in [9.17, 15) is 19.2 Å². The molecule has 8 nitrogen and oxygen atoms in total. The van der Waals surface area contributed by atoms with Crippen LogP contribution in [0.15, 0.2) is 41.8 Å². The van der Waals surface area contributed by atoms with Crippen molar-refractivity contribution in [3.8, 4) is 0 Å². The molecule has 1 aromatic carbocycles. The van der Waals surface area contributed by atoms with Gasteiger partial charge in [0.1, 0.15) is 0 Å². The van der Waals surface area contributed by atoms with Gasteiger partial charge in [0.15, 0.2) is 18.8 Å². The van der Waals surface area contributed by atoms with Crippen LogP contribution in [0.4, 0.5) is 5.69 Å². The lowest BCUT2D eigenvalue weighted by molar-refractivity contribution is -0.152. The lowest BCUT2D eigenvalue weighted by atomic mass is 10.2. The zero-order valence-electron chi connectivity index (χ0n) is 13.3. The van der Waals surface area contributed by atoms with Gasteiger partial charge in [0.05, 0.1) is 0 Å². The van der Waals surface area contributed by atoms with Crippen LogP contribution in [0, 0.1) is 0 Å². The summed E-state index contributed by atoms with van der Waals surface area (Å²) < 4.78 is 10.1. The van der Waals surface area contributed by atoms with E-state index < -0.39 is 24.3 Å². The third-order valence-corrected chi connectivity index (χ3v) is 3.79. The van der Waals surface area contributed by atoms with Crippen molar-refractivity contribution in [2.24, 2.45) is 0 Å². The highest BCUT2D eigenvalue weighted by Gasteiger charge is 2.34. The Hall–Kier alpha value is -3.16. The maximum Gasteiger partial charge on any atom is 0.347 e. The van der Waals surface area contributed by atoms with Crippen molar-refractivity contribution in [2.45, 2.75) is 12.8 Å². The van der Waals surface area contributed by atoms with E-state index in [1.165, 1.54) is 0 Å². The molecule has 2 aliphatic rings. The number of benzene rings is 1. The first kappa shape index (κ1) is 16.7. The average molecular weight is 344 g/mol. The number of anilines is 1. The normalized spacial score (nSPS) is 16.9. The number of ketones is 1. The van der Waals surface area contributed by atoms with Crippen LogP contribution in [0.3, 0.4) is 0 Å². The summed E-state index contributed by atoms with van der Waals surface area (Å²) in [4.78, 5) is 48.5. The number of nitrogens with zero attached hydrogens (tertiary/aromatic N) is 1. The number of rotatable bonds is 5. The summed E-state index contributed by atoms with van der Waals surface area (Å²) in [5.41, 5.74) is 0.362. The van der Waals surface area contributed by atoms with E-state index in [2.05, 4.69) is 5.32 Å². The molecule has 0 radical (unpaired) electrons. The molecule has 2 heterocycles. The highest BCUT2D eigenvalue weighted by atomic mass is 16.5. The van der Waals surface area contributed by atoms with Gasteiger partial charge in [-0.15, -0.1) is 0 Å². The van der Waals surface area contributed by atoms with Gasteiger partial charge >= 0.3 is 5.97 Å². The molecular weight excluding hydrogens is 328 g/mol. The molecule has 2 aliphatic heterocycles. The summed E-state index contributed by atoms with van der Waals surface area (Å²) >= 11 is 0. The molecule has 130 valence electrons. The lowest BCUT2D eigenvalue weighted by Crippen LogP contribution is -2.35. The molecule has 1 N–H and O–H groups in total. The SMILES string of the molecule is O=C1COC(Nc2ccccc2)=C1C(=O)OCC(=O)N1CCCC1=O. The second-order valence-electron chi connectivity index (χ2n) is 5.53. The maximum atomic E-state index is 12.2. The minimum absolute atomic E-state index is 0.00843. The van der Waals surface area contributed by atoms with E-state index in [1.54, 1.807) is 24.3 Å². The monoisotopic (exact) mass is 344 g/mol. The van der Waals surface area contributed by atoms with Gasteiger partial charge in [-0.1, -0.05) is 18.2 Å². The lowest BCUT2D eigenvalue weighted by Gasteiger charge is -2.13. The van der Waals surface area contributed by atoms with Gasteiger partial charge in [0, 0.05) is 18.7 Å². The van der Waals surface area contributed by atoms with Gasteiger partial charge in [-0.2, -0.15) is 0 Å². The maximum absolute atomic E-state index is 12.2. The molecule has 0 bridgehead atoms. The zero-order chi connectivity index (χ0) is 17.8. The number of likely N-dealkylation sites (tertiary alicyclic amines) is 1. The third-order valence-electron chi connectivity index (χ3n) is 3.79. The quantitative estimate of drug-likeness (QED) is 0.616. The molecule has 0 unspecified atom stereocenters. The molecule has 2 amide bonds. The van der Waals surface area contributed by atoms with Crippen LogP contribution in [-0.4, -0.2) is 48.2 Å². The van der Waals surface area contributed by atoms with E-state index in [4.69, 9.17) is 9.47 Å². The number of carbonyl (C=O) groups is 4. The first-order chi connectivity index (χ1) is 12.1. The second kappa shape index (κ2) is 7.16. The van der Waals surface area contributed by atoms with Crippen molar-refractivity contribution in [3.05, 3.63) is 41.8 Å². The molecule has 0 aromatic heterocycles. The van der Waals surface area contributed by atoms with Gasteiger partial charge in [-0.3, -0.25) is 19.3 Å². The van der Waals surface area contributed by atoms with Crippen molar-refractivity contribution >= 4 is 29.3 Å². The molecule has 0 atom stereocenters. The molecule has 3 rings (SSSR count). The number of nitrogens with one attached hydrogen (secondary N) is 1. The second-order valence-corrected chi connectivity index (χ2v) is 5.53. The number of amides is 2. The topological polar surface area (TPSA) is 102 Å². The zero-order valence-corrected chi connectivity index (χ0v) is 13.3. The molecule has 0 aliphatic carbocycles. The summed E-state index contributed by atoms with van der Waals surface area (Å²) in [6.07, 6.45) is 0.906. The predicted octanol–water partition coefficient (Wildman–Crippen LogP) is 0.602. The van der Waals surface area contributed by atoms with Crippen molar-refractivity contribution in [1.82, 2.24) is 4.90 Å². The standard InChI is InChI=1S/C17H16N2O6/c20-12-9-24-16(18-11-5-2-1-3-6-11)15(12)17(23)25-10-14(22)19-8-4-7-13(19)21/h1-3,5-6,18H,4,7-10H2. The number of hydrogen-bond donors (Lipinski definition) is 1.